The Morgan fingerprint density at radius 3 is 2.57 bits per heavy atom. The number of hydrogen-bond acceptors (Lipinski definition) is 5. The van der Waals surface area contributed by atoms with Gasteiger partial charge in [0.1, 0.15) is 0 Å². The first-order valence-corrected chi connectivity index (χ1v) is 9.57. The summed E-state index contributed by atoms with van der Waals surface area (Å²) in [5.74, 6) is -0.721. The van der Waals surface area contributed by atoms with Crippen LogP contribution in [0.2, 0.25) is 0 Å². The average molecular weight is 398 g/mol. The number of carbonyl (C=O) groups excluding carboxylic acids is 3. The lowest BCUT2D eigenvalue weighted by Gasteiger charge is -2.13. The molecule has 2 N–H and O–H groups in total. The molecule has 2 aromatic rings. The summed E-state index contributed by atoms with van der Waals surface area (Å²) in [4.78, 5) is 36.9. The molecule has 2 aromatic carbocycles. The zero-order valence-corrected chi connectivity index (χ0v) is 16.6. The lowest BCUT2D eigenvalue weighted by molar-refractivity contribution is -0.119. The number of anilines is 2. The van der Waals surface area contributed by atoms with Crippen LogP contribution in [0, 0.1) is 6.92 Å². The number of ether oxygens (including phenoxy) is 1. The van der Waals surface area contributed by atoms with E-state index >= 15 is 0 Å². The molecule has 28 heavy (non-hydrogen) atoms. The van der Waals surface area contributed by atoms with Crippen molar-refractivity contribution in [2.24, 2.45) is 0 Å². The van der Waals surface area contributed by atoms with Gasteiger partial charge in [-0.25, -0.2) is 4.79 Å². The fraction of sp³-hybridized carbons (Fsp3) is 0.190. The minimum absolute atomic E-state index is 0.199. The van der Waals surface area contributed by atoms with Crippen LogP contribution in [-0.2, 0) is 14.3 Å². The molecular weight excluding hydrogens is 376 g/mol. The summed E-state index contributed by atoms with van der Waals surface area (Å²) in [6.07, 6.45) is 1.78. The van der Waals surface area contributed by atoms with Crippen molar-refractivity contribution in [1.82, 2.24) is 0 Å². The Balaban J connectivity index is 2.02. The van der Waals surface area contributed by atoms with Crippen molar-refractivity contribution >= 4 is 40.9 Å². The van der Waals surface area contributed by atoms with Gasteiger partial charge in [-0.1, -0.05) is 30.3 Å². The number of esters is 1. The van der Waals surface area contributed by atoms with Crippen molar-refractivity contribution in [3.05, 3.63) is 66.2 Å². The summed E-state index contributed by atoms with van der Waals surface area (Å²) >= 11 is 1.54. The molecule has 0 heterocycles. The Labute approximate surface area is 168 Å². The lowest BCUT2D eigenvalue weighted by atomic mass is 10.1. The number of para-hydroxylation sites is 2. The minimum Gasteiger partial charge on any atom is -0.452 e. The van der Waals surface area contributed by atoms with Crippen LogP contribution in [-0.4, -0.2) is 30.1 Å². The molecule has 0 aromatic heterocycles. The predicted octanol–water partition coefficient (Wildman–Crippen LogP) is 4.03. The summed E-state index contributed by atoms with van der Waals surface area (Å²) in [6, 6.07) is 12.4. The number of benzene rings is 2. The molecule has 0 aliphatic carbocycles. The van der Waals surface area contributed by atoms with Crippen LogP contribution in [0.15, 0.2) is 60.0 Å². The van der Waals surface area contributed by atoms with Crippen molar-refractivity contribution in [2.45, 2.75) is 18.7 Å². The number of rotatable bonds is 8. The van der Waals surface area contributed by atoms with Gasteiger partial charge in [-0.2, -0.15) is 0 Å². The number of amides is 2. The highest BCUT2D eigenvalue weighted by atomic mass is 32.2. The third-order valence-corrected chi connectivity index (χ3v) is 4.72. The van der Waals surface area contributed by atoms with Gasteiger partial charge in [0.15, 0.2) is 6.61 Å². The standard InChI is InChI=1S/C21H22N2O4S/c1-4-12-28-18-11-6-5-10-17(18)23-19(25)13-27-21(26)16-9-7-8-14(2)20(16)22-15(3)24/h4-11H,1,12-13H2,2-3H3,(H,22,24)(H,23,25). The first-order chi connectivity index (χ1) is 13.4. The molecule has 0 bridgehead atoms. The van der Waals surface area contributed by atoms with Crippen LogP contribution in [0.3, 0.4) is 0 Å². The summed E-state index contributed by atoms with van der Waals surface area (Å²) < 4.78 is 5.14. The molecule has 0 aliphatic rings. The third-order valence-electron chi connectivity index (χ3n) is 3.65. The van der Waals surface area contributed by atoms with Crippen molar-refractivity contribution in [3.8, 4) is 0 Å². The van der Waals surface area contributed by atoms with Crippen LogP contribution in [0.1, 0.15) is 22.8 Å². The molecule has 0 aliphatic heterocycles. The zero-order chi connectivity index (χ0) is 20.5. The van der Waals surface area contributed by atoms with Crippen molar-refractivity contribution < 1.29 is 19.1 Å². The molecule has 0 saturated heterocycles. The highest BCUT2D eigenvalue weighted by Gasteiger charge is 2.17. The van der Waals surface area contributed by atoms with Crippen molar-refractivity contribution in [1.29, 1.82) is 0 Å². The molecule has 146 valence electrons. The Hall–Kier alpha value is -3.06. The Bertz CT molecular complexity index is 896. The minimum atomic E-state index is -0.683. The predicted molar refractivity (Wildman–Crippen MR) is 112 cm³/mol. The molecule has 0 atom stereocenters. The zero-order valence-electron chi connectivity index (χ0n) is 15.8. The van der Waals surface area contributed by atoms with E-state index in [1.165, 1.54) is 18.7 Å². The average Bonchev–Trinajstić information content (AvgIpc) is 2.66. The lowest BCUT2D eigenvalue weighted by Crippen LogP contribution is -2.22. The maximum absolute atomic E-state index is 12.4. The molecule has 0 fully saturated rings. The Morgan fingerprint density at radius 2 is 1.86 bits per heavy atom. The van der Waals surface area contributed by atoms with Gasteiger partial charge < -0.3 is 15.4 Å². The van der Waals surface area contributed by atoms with E-state index < -0.39 is 18.5 Å². The Kier molecular flexibility index (Phi) is 7.83. The van der Waals surface area contributed by atoms with Crippen LogP contribution < -0.4 is 10.6 Å². The second-order valence-electron chi connectivity index (χ2n) is 5.90. The van der Waals surface area contributed by atoms with E-state index in [4.69, 9.17) is 4.74 Å². The van der Waals surface area contributed by atoms with Gasteiger partial charge in [-0.3, -0.25) is 9.59 Å². The van der Waals surface area contributed by atoms with Crippen LogP contribution in [0.5, 0.6) is 0 Å². The molecular formula is C21H22N2O4S. The molecule has 6 nitrogen and oxygen atoms in total. The smallest absolute Gasteiger partial charge is 0.340 e. The van der Waals surface area contributed by atoms with Gasteiger partial charge in [-0.05, 0) is 30.7 Å². The first-order valence-electron chi connectivity index (χ1n) is 8.59. The van der Waals surface area contributed by atoms with Crippen LogP contribution >= 0.6 is 11.8 Å². The first kappa shape index (κ1) is 21.2. The monoisotopic (exact) mass is 398 g/mol. The van der Waals surface area contributed by atoms with E-state index in [0.717, 1.165) is 10.5 Å². The Morgan fingerprint density at radius 1 is 1.11 bits per heavy atom. The van der Waals surface area contributed by atoms with Crippen molar-refractivity contribution in [2.75, 3.05) is 23.0 Å². The number of aryl methyl sites for hydroxylation is 1. The summed E-state index contributed by atoms with van der Waals surface area (Å²) in [7, 11) is 0. The van der Waals surface area contributed by atoms with Crippen LogP contribution in [0.4, 0.5) is 11.4 Å². The maximum atomic E-state index is 12.4. The van der Waals surface area contributed by atoms with E-state index in [1.807, 2.05) is 18.2 Å². The molecule has 0 unspecified atom stereocenters. The summed E-state index contributed by atoms with van der Waals surface area (Å²) in [6.45, 7) is 6.37. The van der Waals surface area contributed by atoms with Gasteiger partial charge >= 0.3 is 5.97 Å². The second-order valence-corrected chi connectivity index (χ2v) is 6.96. The topological polar surface area (TPSA) is 84.5 Å². The quantitative estimate of drug-likeness (QED) is 0.398. The SMILES string of the molecule is C=CCSc1ccccc1NC(=O)COC(=O)c1cccc(C)c1NC(C)=O. The van der Waals surface area contributed by atoms with E-state index in [1.54, 1.807) is 37.3 Å². The summed E-state index contributed by atoms with van der Waals surface area (Å²) in [5.41, 5.74) is 1.95. The van der Waals surface area contributed by atoms with E-state index in [0.29, 0.717) is 17.1 Å². The molecule has 2 amide bonds. The van der Waals surface area contributed by atoms with E-state index in [9.17, 15) is 14.4 Å². The van der Waals surface area contributed by atoms with Gasteiger partial charge in [0.05, 0.1) is 16.9 Å². The largest absolute Gasteiger partial charge is 0.452 e. The highest BCUT2D eigenvalue weighted by molar-refractivity contribution is 7.99. The third kappa shape index (κ3) is 5.99. The van der Waals surface area contributed by atoms with Gasteiger partial charge in [0, 0.05) is 17.6 Å². The second kappa shape index (κ2) is 10.3. The van der Waals surface area contributed by atoms with Crippen molar-refractivity contribution in [3.63, 3.8) is 0 Å². The molecule has 0 radical (unpaired) electrons. The molecule has 2 rings (SSSR count). The number of thioether (sulfide) groups is 1. The highest BCUT2D eigenvalue weighted by Crippen LogP contribution is 2.27. The van der Waals surface area contributed by atoms with E-state index in [2.05, 4.69) is 17.2 Å². The summed E-state index contributed by atoms with van der Waals surface area (Å²) in [5, 5.41) is 5.37. The normalized spacial score (nSPS) is 10.1. The van der Waals surface area contributed by atoms with Gasteiger partial charge in [0.25, 0.3) is 5.91 Å². The number of carbonyl (C=O) groups is 3. The van der Waals surface area contributed by atoms with Gasteiger partial charge in [0.2, 0.25) is 5.91 Å². The fourth-order valence-electron chi connectivity index (χ4n) is 2.42. The number of nitrogens with one attached hydrogen (secondary N) is 2. The molecule has 0 saturated carbocycles. The number of hydrogen-bond donors (Lipinski definition) is 2. The fourth-order valence-corrected chi connectivity index (χ4v) is 3.17. The van der Waals surface area contributed by atoms with E-state index in [-0.39, 0.29) is 11.5 Å². The maximum Gasteiger partial charge on any atom is 0.340 e. The molecule has 7 heteroatoms. The molecule has 0 spiro atoms. The van der Waals surface area contributed by atoms with Crippen LogP contribution in [0.25, 0.3) is 0 Å². The van der Waals surface area contributed by atoms with Gasteiger partial charge in [-0.15, -0.1) is 18.3 Å².